The summed E-state index contributed by atoms with van der Waals surface area (Å²) in [5, 5.41) is 12.3. The van der Waals surface area contributed by atoms with Crippen LogP contribution in [0.2, 0.25) is 0 Å². The second kappa shape index (κ2) is 9.18. The minimum Gasteiger partial charge on any atom is -0.494 e. The SMILES string of the molecule is COc1ccc(CNC(=O)c2cc(-c3nc[nH]c3CO)ccc2OCC2CC2)cc1F. The van der Waals surface area contributed by atoms with Crippen molar-refractivity contribution in [2.75, 3.05) is 13.7 Å². The maximum atomic E-state index is 13.9. The van der Waals surface area contributed by atoms with E-state index in [0.29, 0.717) is 46.4 Å². The normalized spacial score (nSPS) is 13.1. The number of imidazole rings is 1. The molecular formula is C23H24FN3O4. The number of carbonyl (C=O) groups excluding carboxylic acids is 1. The van der Waals surface area contributed by atoms with Crippen LogP contribution in [0.5, 0.6) is 11.5 Å². The van der Waals surface area contributed by atoms with Crippen molar-refractivity contribution < 1.29 is 23.8 Å². The van der Waals surface area contributed by atoms with Gasteiger partial charge in [0, 0.05) is 12.1 Å². The fourth-order valence-electron chi connectivity index (χ4n) is 3.26. The Morgan fingerprint density at radius 3 is 2.77 bits per heavy atom. The number of aliphatic hydroxyl groups excluding tert-OH is 1. The summed E-state index contributed by atoms with van der Waals surface area (Å²) < 4.78 is 24.8. The third-order valence-corrected chi connectivity index (χ3v) is 5.21. The van der Waals surface area contributed by atoms with Gasteiger partial charge in [-0.1, -0.05) is 6.07 Å². The molecule has 0 spiro atoms. The van der Waals surface area contributed by atoms with Crippen LogP contribution in [-0.4, -0.2) is 34.7 Å². The number of hydrogen-bond donors (Lipinski definition) is 3. The first-order chi connectivity index (χ1) is 15.1. The highest BCUT2D eigenvalue weighted by molar-refractivity contribution is 5.98. The van der Waals surface area contributed by atoms with Gasteiger partial charge >= 0.3 is 0 Å². The van der Waals surface area contributed by atoms with E-state index in [1.807, 2.05) is 6.07 Å². The predicted molar refractivity (Wildman–Crippen MR) is 112 cm³/mol. The first-order valence-electron chi connectivity index (χ1n) is 10.1. The number of aromatic amines is 1. The molecule has 4 rings (SSSR count). The van der Waals surface area contributed by atoms with Crippen molar-refractivity contribution in [3.05, 3.63) is 65.4 Å². The fourth-order valence-corrected chi connectivity index (χ4v) is 3.26. The number of methoxy groups -OCH3 is 1. The summed E-state index contributed by atoms with van der Waals surface area (Å²) in [5.41, 5.74) is 2.79. The summed E-state index contributed by atoms with van der Waals surface area (Å²) in [6.45, 7) is 0.518. The molecule has 1 heterocycles. The zero-order valence-electron chi connectivity index (χ0n) is 17.2. The average molecular weight is 425 g/mol. The van der Waals surface area contributed by atoms with E-state index < -0.39 is 5.82 Å². The fraction of sp³-hybridized carbons (Fsp3) is 0.304. The van der Waals surface area contributed by atoms with E-state index in [9.17, 15) is 14.3 Å². The van der Waals surface area contributed by atoms with Crippen LogP contribution in [-0.2, 0) is 13.2 Å². The molecule has 0 radical (unpaired) electrons. The standard InChI is InChI=1S/C23H24FN3O4/c1-30-21-6-4-15(8-18(21)24)10-25-23(29)17-9-16(22-19(11-28)26-13-27-22)5-7-20(17)31-12-14-2-3-14/h4-9,13-14,28H,2-3,10-12H2,1H3,(H,25,29)(H,26,27). The molecule has 1 amide bonds. The number of ether oxygens (including phenoxy) is 2. The predicted octanol–water partition coefficient (Wildman–Crippen LogP) is 3.44. The van der Waals surface area contributed by atoms with Crippen LogP contribution in [0.1, 0.15) is 34.5 Å². The maximum Gasteiger partial charge on any atom is 0.255 e. The van der Waals surface area contributed by atoms with Crippen LogP contribution >= 0.6 is 0 Å². The Hall–Kier alpha value is -3.39. The topological polar surface area (TPSA) is 96.5 Å². The van der Waals surface area contributed by atoms with Crippen LogP contribution in [0.25, 0.3) is 11.3 Å². The van der Waals surface area contributed by atoms with Gasteiger partial charge in [-0.2, -0.15) is 0 Å². The number of aliphatic hydroxyl groups is 1. The van der Waals surface area contributed by atoms with Gasteiger partial charge in [-0.25, -0.2) is 9.37 Å². The molecule has 8 heteroatoms. The van der Waals surface area contributed by atoms with E-state index in [1.54, 1.807) is 18.2 Å². The second-order valence-electron chi connectivity index (χ2n) is 7.50. The first kappa shape index (κ1) is 20.9. The van der Waals surface area contributed by atoms with Crippen molar-refractivity contribution in [2.45, 2.75) is 26.0 Å². The Morgan fingerprint density at radius 1 is 1.26 bits per heavy atom. The van der Waals surface area contributed by atoms with Crippen molar-refractivity contribution in [3.8, 4) is 22.8 Å². The highest BCUT2D eigenvalue weighted by atomic mass is 19.1. The molecule has 0 bridgehead atoms. The van der Waals surface area contributed by atoms with Crippen molar-refractivity contribution in [1.82, 2.24) is 15.3 Å². The van der Waals surface area contributed by atoms with Crippen molar-refractivity contribution >= 4 is 5.91 Å². The number of nitrogens with one attached hydrogen (secondary N) is 2. The van der Waals surface area contributed by atoms with Gasteiger partial charge < -0.3 is 24.9 Å². The molecule has 0 unspecified atom stereocenters. The largest absolute Gasteiger partial charge is 0.494 e. The Labute approximate surface area is 179 Å². The lowest BCUT2D eigenvalue weighted by Crippen LogP contribution is -2.24. The molecule has 2 aromatic carbocycles. The molecule has 7 nitrogen and oxygen atoms in total. The van der Waals surface area contributed by atoms with Crippen molar-refractivity contribution in [2.24, 2.45) is 5.92 Å². The molecule has 1 fully saturated rings. The zero-order valence-corrected chi connectivity index (χ0v) is 17.2. The molecular weight excluding hydrogens is 401 g/mol. The Bertz CT molecular complexity index is 1080. The van der Waals surface area contributed by atoms with Crippen molar-refractivity contribution in [1.29, 1.82) is 0 Å². The third-order valence-electron chi connectivity index (χ3n) is 5.21. The number of rotatable bonds is 9. The lowest BCUT2D eigenvalue weighted by Gasteiger charge is -2.14. The molecule has 0 atom stereocenters. The van der Waals surface area contributed by atoms with E-state index in [1.165, 1.54) is 25.6 Å². The molecule has 1 saturated carbocycles. The summed E-state index contributed by atoms with van der Waals surface area (Å²) in [6, 6.07) is 9.80. The van der Waals surface area contributed by atoms with Crippen LogP contribution in [0.4, 0.5) is 4.39 Å². The number of H-pyrrole nitrogens is 1. The van der Waals surface area contributed by atoms with E-state index in [4.69, 9.17) is 9.47 Å². The molecule has 31 heavy (non-hydrogen) atoms. The molecule has 1 aromatic heterocycles. The van der Waals surface area contributed by atoms with E-state index in [0.717, 1.165) is 12.8 Å². The van der Waals surface area contributed by atoms with Crippen LogP contribution in [0.15, 0.2) is 42.7 Å². The molecule has 0 saturated heterocycles. The summed E-state index contributed by atoms with van der Waals surface area (Å²) in [4.78, 5) is 20.1. The average Bonchev–Trinajstić information content (AvgIpc) is 3.50. The van der Waals surface area contributed by atoms with Crippen molar-refractivity contribution in [3.63, 3.8) is 0 Å². The molecule has 0 aliphatic heterocycles. The van der Waals surface area contributed by atoms with E-state index in [-0.39, 0.29) is 24.8 Å². The highest BCUT2D eigenvalue weighted by Crippen LogP contribution is 2.32. The number of carbonyl (C=O) groups is 1. The summed E-state index contributed by atoms with van der Waals surface area (Å²) in [7, 11) is 1.40. The number of halogens is 1. The second-order valence-corrected chi connectivity index (χ2v) is 7.50. The summed E-state index contributed by atoms with van der Waals surface area (Å²) >= 11 is 0. The molecule has 1 aliphatic carbocycles. The third kappa shape index (κ3) is 4.86. The highest BCUT2D eigenvalue weighted by Gasteiger charge is 2.23. The van der Waals surface area contributed by atoms with Gasteiger partial charge in [-0.05, 0) is 54.7 Å². The monoisotopic (exact) mass is 425 g/mol. The van der Waals surface area contributed by atoms with Gasteiger partial charge in [-0.3, -0.25) is 4.79 Å². The van der Waals surface area contributed by atoms with Gasteiger partial charge in [0.25, 0.3) is 5.91 Å². The van der Waals surface area contributed by atoms with Crippen LogP contribution in [0, 0.1) is 11.7 Å². The molecule has 3 aromatic rings. The number of hydrogen-bond acceptors (Lipinski definition) is 5. The summed E-state index contributed by atoms with van der Waals surface area (Å²) in [5.74, 6) is 0.335. The minimum absolute atomic E-state index is 0.149. The number of benzene rings is 2. The van der Waals surface area contributed by atoms with Crippen LogP contribution < -0.4 is 14.8 Å². The Morgan fingerprint density at radius 2 is 2.06 bits per heavy atom. The molecule has 3 N–H and O–H groups in total. The molecule has 162 valence electrons. The maximum absolute atomic E-state index is 13.9. The van der Waals surface area contributed by atoms with Gasteiger partial charge in [-0.15, -0.1) is 0 Å². The van der Waals surface area contributed by atoms with Gasteiger partial charge in [0.15, 0.2) is 11.6 Å². The molecule has 1 aliphatic rings. The van der Waals surface area contributed by atoms with Gasteiger partial charge in [0.05, 0.1) is 43.6 Å². The lowest BCUT2D eigenvalue weighted by molar-refractivity contribution is 0.0946. The van der Waals surface area contributed by atoms with Gasteiger partial charge in [0.1, 0.15) is 5.75 Å². The lowest BCUT2D eigenvalue weighted by atomic mass is 10.0. The van der Waals surface area contributed by atoms with Crippen LogP contribution in [0.3, 0.4) is 0 Å². The van der Waals surface area contributed by atoms with Gasteiger partial charge in [0.2, 0.25) is 0 Å². The summed E-state index contributed by atoms with van der Waals surface area (Å²) in [6.07, 6.45) is 3.77. The first-order valence-corrected chi connectivity index (χ1v) is 10.1. The number of amides is 1. The smallest absolute Gasteiger partial charge is 0.255 e. The minimum atomic E-state index is -0.486. The Balaban J connectivity index is 1.56. The van der Waals surface area contributed by atoms with E-state index in [2.05, 4.69) is 15.3 Å². The quantitative estimate of drug-likeness (QED) is 0.488. The number of aromatic nitrogens is 2. The number of nitrogens with zero attached hydrogens (tertiary/aromatic N) is 1. The zero-order chi connectivity index (χ0) is 21.8. The van der Waals surface area contributed by atoms with E-state index >= 15 is 0 Å². The Kier molecular flexibility index (Phi) is 6.18.